The topological polar surface area (TPSA) is 69.7 Å². The van der Waals surface area contributed by atoms with Gasteiger partial charge in [0.15, 0.2) is 9.84 Å². The highest BCUT2D eigenvalue weighted by atomic mass is 32.2. The van der Waals surface area contributed by atoms with E-state index in [1.54, 1.807) is 12.1 Å². The van der Waals surface area contributed by atoms with Gasteiger partial charge in [0.05, 0.1) is 4.90 Å². The highest BCUT2D eigenvalue weighted by molar-refractivity contribution is 7.90. The molecule has 0 unspecified atom stereocenters. The molecule has 2 aliphatic rings. The second kappa shape index (κ2) is 12.7. The Labute approximate surface area is 217 Å². The summed E-state index contributed by atoms with van der Waals surface area (Å²) in [4.78, 5) is 18.0. The average Bonchev–Trinajstić information content (AvgIpc) is 2.88. The van der Waals surface area contributed by atoms with Crippen LogP contribution in [0, 0.1) is 11.8 Å². The molecule has 1 aliphatic carbocycles. The number of carbonyl (C=O) groups is 1. The van der Waals surface area contributed by atoms with Crippen molar-refractivity contribution in [1.82, 2.24) is 4.90 Å². The molecule has 6 nitrogen and oxygen atoms in total. The SMILES string of the molecule is CS(=O)(=O)c1ccc(NC(=O)CC2CCN(CCN(CC3CCCCC3)c3ccccc3)CC2)cc1. The van der Waals surface area contributed by atoms with Gasteiger partial charge >= 0.3 is 0 Å². The van der Waals surface area contributed by atoms with Crippen molar-refractivity contribution in [3.05, 3.63) is 54.6 Å². The van der Waals surface area contributed by atoms with Crippen LogP contribution in [0.4, 0.5) is 11.4 Å². The molecule has 7 heteroatoms. The lowest BCUT2D eigenvalue weighted by atomic mass is 9.89. The summed E-state index contributed by atoms with van der Waals surface area (Å²) in [6.07, 6.45) is 10.6. The number of nitrogens with one attached hydrogen (secondary N) is 1. The van der Waals surface area contributed by atoms with Gasteiger partial charge < -0.3 is 15.1 Å². The van der Waals surface area contributed by atoms with Gasteiger partial charge in [0.25, 0.3) is 0 Å². The molecular formula is C29H41N3O3S. The van der Waals surface area contributed by atoms with Crippen molar-refractivity contribution in [2.24, 2.45) is 11.8 Å². The van der Waals surface area contributed by atoms with Crippen LogP contribution >= 0.6 is 0 Å². The fourth-order valence-corrected chi connectivity index (χ4v) is 6.21. The van der Waals surface area contributed by atoms with Crippen LogP contribution in [0.25, 0.3) is 0 Å². The first-order valence-electron chi connectivity index (χ1n) is 13.5. The summed E-state index contributed by atoms with van der Waals surface area (Å²) < 4.78 is 23.2. The zero-order valence-electron chi connectivity index (χ0n) is 21.6. The fourth-order valence-electron chi connectivity index (χ4n) is 5.58. The van der Waals surface area contributed by atoms with Crippen molar-refractivity contribution in [3.63, 3.8) is 0 Å². The minimum Gasteiger partial charge on any atom is -0.370 e. The molecule has 4 rings (SSSR count). The zero-order chi connectivity index (χ0) is 25.4. The number of sulfone groups is 1. The van der Waals surface area contributed by atoms with E-state index in [1.165, 1.54) is 56.2 Å². The Hall–Kier alpha value is -2.38. The van der Waals surface area contributed by atoms with Gasteiger partial charge in [-0.15, -0.1) is 0 Å². The quantitative estimate of drug-likeness (QED) is 0.474. The van der Waals surface area contributed by atoms with E-state index < -0.39 is 9.84 Å². The van der Waals surface area contributed by atoms with Crippen LogP contribution in [0.2, 0.25) is 0 Å². The van der Waals surface area contributed by atoms with E-state index in [4.69, 9.17) is 0 Å². The maximum Gasteiger partial charge on any atom is 0.224 e. The Balaban J connectivity index is 1.21. The van der Waals surface area contributed by atoms with Crippen molar-refractivity contribution < 1.29 is 13.2 Å². The van der Waals surface area contributed by atoms with Crippen LogP contribution in [-0.4, -0.2) is 58.2 Å². The normalized spacial score (nSPS) is 18.1. The van der Waals surface area contributed by atoms with Crippen LogP contribution in [0.1, 0.15) is 51.4 Å². The molecule has 1 saturated carbocycles. The maximum atomic E-state index is 12.6. The highest BCUT2D eigenvalue weighted by Gasteiger charge is 2.23. The van der Waals surface area contributed by atoms with Gasteiger partial charge in [-0.1, -0.05) is 37.5 Å². The number of hydrogen-bond donors (Lipinski definition) is 1. The number of carbonyl (C=O) groups excluding carboxylic acids is 1. The number of rotatable bonds is 10. The molecule has 0 aromatic heterocycles. The molecular weight excluding hydrogens is 470 g/mol. The lowest BCUT2D eigenvalue weighted by Crippen LogP contribution is -2.41. The molecule has 1 amide bonds. The third-order valence-corrected chi connectivity index (χ3v) is 8.89. The largest absolute Gasteiger partial charge is 0.370 e. The third-order valence-electron chi connectivity index (χ3n) is 7.76. The number of nitrogens with zero attached hydrogens (tertiary/aromatic N) is 2. The Morgan fingerprint density at radius 2 is 1.58 bits per heavy atom. The van der Waals surface area contributed by atoms with Crippen LogP contribution in [0.15, 0.2) is 59.5 Å². The van der Waals surface area contributed by atoms with Crippen molar-refractivity contribution in [3.8, 4) is 0 Å². The van der Waals surface area contributed by atoms with Gasteiger partial charge in [-0.2, -0.15) is 0 Å². The first kappa shape index (κ1) is 26.7. The Morgan fingerprint density at radius 1 is 0.917 bits per heavy atom. The molecule has 0 spiro atoms. The van der Waals surface area contributed by atoms with Crippen LogP contribution in [0.5, 0.6) is 0 Å². The first-order valence-corrected chi connectivity index (χ1v) is 15.4. The van der Waals surface area contributed by atoms with Crippen LogP contribution in [-0.2, 0) is 14.6 Å². The number of amides is 1. The molecule has 1 heterocycles. The smallest absolute Gasteiger partial charge is 0.224 e. The molecule has 2 aromatic rings. The van der Waals surface area contributed by atoms with E-state index in [1.807, 2.05) is 0 Å². The highest BCUT2D eigenvalue weighted by Crippen LogP contribution is 2.27. The van der Waals surface area contributed by atoms with E-state index >= 15 is 0 Å². The number of piperidine rings is 1. The Morgan fingerprint density at radius 3 is 2.22 bits per heavy atom. The van der Waals surface area contributed by atoms with Gasteiger partial charge in [-0.3, -0.25) is 4.79 Å². The summed E-state index contributed by atoms with van der Waals surface area (Å²) in [6.45, 7) is 5.34. The van der Waals surface area contributed by atoms with Crippen molar-refractivity contribution in [2.45, 2.75) is 56.3 Å². The summed E-state index contributed by atoms with van der Waals surface area (Å²) in [6, 6.07) is 17.2. The molecule has 0 radical (unpaired) electrons. The van der Waals surface area contributed by atoms with E-state index in [0.717, 1.165) is 51.5 Å². The predicted molar refractivity (Wildman–Crippen MR) is 147 cm³/mol. The summed E-state index contributed by atoms with van der Waals surface area (Å²) in [5.41, 5.74) is 1.98. The number of para-hydroxylation sites is 1. The minimum absolute atomic E-state index is 0.00305. The first-order chi connectivity index (χ1) is 17.4. The van der Waals surface area contributed by atoms with Gasteiger partial charge in [-0.25, -0.2) is 8.42 Å². The van der Waals surface area contributed by atoms with Gasteiger partial charge in [0.2, 0.25) is 5.91 Å². The summed E-state index contributed by atoms with van der Waals surface area (Å²) in [7, 11) is -3.23. The third kappa shape index (κ3) is 8.07. The van der Waals surface area contributed by atoms with Gasteiger partial charge in [0.1, 0.15) is 0 Å². The number of benzene rings is 2. The molecule has 2 aromatic carbocycles. The Kier molecular flexibility index (Phi) is 9.43. The van der Waals surface area contributed by atoms with Gasteiger partial charge in [0, 0.05) is 43.7 Å². The molecule has 2 fully saturated rings. The predicted octanol–water partition coefficient (Wildman–Crippen LogP) is 5.22. The molecule has 196 valence electrons. The second-order valence-electron chi connectivity index (χ2n) is 10.6. The molecule has 0 atom stereocenters. The van der Waals surface area contributed by atoms with Crippen molar-refractivity contribution >= 4 is 27.1 Å². The molecule has 36 heavy (non-hydrogen) atoms. The summed E-state index contributed by atoms with van der Waals surface area (Å²) >= 11 is 0. The van der Waals surface area contributed by atoms with Gasteiger partial charge in [-0.05, 0) is 87.0 Å². The maximum absolute atomic E-state index is 12.6. The van der Waals surface area contributed by atoms with Crippen LogP contribution in [0.3, 0.4) is 0 Å². The van der Waals surface area contributed by atoms with Crippen molar-refractivity contribution in [2.75, 3.05) is 49.2 Å². The lowest BCUT2D eigenvalue weighted by molar-refractivity contribution is -0.117. The lowest BCUT2D eigenvalue weighted by Gasteiger charge is -2.36. The Bertz CT molecular complexity index is 1060. The molecule has 1 aliphatic heterocycles. The van der Waals surface area contributed by atoms with Crippen molar-refractivity contribution in [1.29, 1.82) is 0 Å². The number of likely N-dealkylation sites (tertiary alicyclic amines) is 1. The average molecular weight is 512 g/mol. The van der Waals surface area contributed by atoms with Crippen LogP contribution < -0.4 is 10.2 Å². The van der Waals surface area contributed by atoms with E-state index in [9.17, 15) is 13.2 Å². The van der Waals surface area contributed by atoms with E-state index in [0.29, 0.717) is 18.0 Å². The van der Waals surface area contributed by atoms with E-state index in [-0.39, 0.29) is 10.8 Å². The fraction of sp³-hybridized carbons (Fsp3) is 0.552. The minimum atomic E-state index is -3.23. The monoisotopic (exact) mass is 511 g/mol. The standard InChI is InChI=1S/C29H41N3O3S/c1-36(34,35)28-14-12-26(13-15-28)30-29(33)22-24-16-18-31(19-17-24)20-21-32(27-10-6-3-7-11-27)23-25-8-4-2-5-9-25/h3,6-7,10-15,24-25H,2,4-5,8-9,16-23H2,1H3,(H,30,33). The summed E-state index contributed by atoms with van der Waals surface area (Å²) in [5.74, 6) is 1.21. The second-order valence-corrected chi connectivity index (χ2v) is 12.6. The molecule has 1 saturated heterocycles. The van der Waals surface area contributed by atoms with E-state index in [2.05, 4.69) is 45.4 Å². The zero-order valence-corrected chi connectivity index (χ0v) is 22.4. The molecule has 1 N–H and O–H groups in total. The molecule has 0 bridgehead atoms. The summed E-state index contributed by atoms with van der Waals surface area (Å²) in [5, 5.41) is 2.92. The number of anilines is 2. The number of hydrogen-bond acceptors (Lipinski definition) is 5.